The number of benzene rings is 2. The quantitative estimate of drug-likeness (QED) is 0.140. The van der Waals surface area contributed by atoms with Gasteiger partial charge in [-0.1, -0.05) is 6.58 Å². The van der Waals surface area contributed by atoms with Crippen molar-refractivity contribution < 1.29 is 28.9 Å². The molecule has 2 aromatic carbocycles. The van der Waals surface area contributed by atoms with Gasteiger partial charge in [-0.15, -0.1) is 0 Å². The average molecular weight is 874 g/mol. The Morgan fingerprint density at radius 2 is 1.48 bits per heavy atom. The Labute approximate surface area is 235 Å². The molecule has 0 aliphatic carbocycles. The first-order chi connectivity index (χ1) is 14.6. The van der Waals surface area contributed by atoms with Crippen molar-refractivity contribution in [2.24, 2.45) is 0 Å². The number of ether oxygens (including phenoxy) is 3. The molecule has 0 heterocycles. The van der Waals surface area contributed by atoms with E-state index >= 15 is 0 Å². The van der Waals surface area contributed by atoms with Crippen LogP contribution in [-0.2, 0) is 25.5 Å². The number of carbonyl (C=O) groups excluding carboxylic acids is 2. The number of aromatic hydroxyl groups is 1. The summed E-state index contributed by atoms with van der Waals surface area (Å²) in [7, 11) is 0. The van der Waals surface area contributed by atoms with Crippen molar-refractivity contribution in [3.63, 3.8) is 0 Å². The van der Waals surface area contributed by atoms with Crippen molar-refractivity contribution in [3.05, 3.63) is 56.3 Å². The molecule has 0 saturated carbocycles. The van der Waals surface area contributed by atoms with Gasteiger partial charge in [0.05, 0.1) is 14.3 Å². The minimum atomic E-state index is -0.501. The summed E-state index contributed by atoms with van der Waals surface area (Å²) in [5.74, 6) is 0.758. The van der Waals surface area contributed by atoms with E-state index in [1.807, 2.05) is 12.1 Å². The molecule has 31 heavy (non-hydrogen) atoms. The lowest BCUT2D eigenvalue weighted by Crippen LogP contribution is -2.14. The maximum Gasteiger partial charge on any atom is 0.333 e. The Morgan fingerprint density at radius 3 is 2.03 bits per heavy atom. The van der Waals surface area contributed by atoms with Crippen molar-refractivity contribution >= 4 is 102 Å². The predicted octanol–water partition coefficient (Wildman–Crippen LogP) is 6.20. The molecule has 0 bridgehead atoms. The number of hydrogen-bond donors (Lipinski definition) is 1. The molecule has 0 atom stereocenters. The molecule has 0 aromatic heterocycles. The van der Waals surface area contributed by atoms with Gasteiger partial charge in [-0.2, -0.15) is 0 Å². The third-order valence-electron chi connectivity index (χ3n) is 3.81. The first kappa shape index (κ1) is 26.9. The molecule has 0 saturated heterocycles. The Bertz CT molecular complexity index is 959. The zero-order valence-corrected chi connectivity index (χ0v) is 25.0. The Morgan fingerprint density at radius 1 is 0.935 bits per heavy atom. The van der Waals surface area contributed by atoms with Gasteiger partial charge in [0.2, 0.25) is 0 Å². The van der Waals surface area contributed by atoms with Crippen LogP contribution in [0, 0.1) is 14.3 Å². The molecule has 6 nitrogen and oxygen atoms in total. The molecule has 2 aromatic rings. The SMILES string of the molecule is C=C(C)C(=O)OCCOC(=O)CCc1cc(I)c(Oc2cc(I)c(O)c(I)c2)c(I)c1. The highest BCUT2D eigenvalue weighted by Gasteiger charge is 2.14. The summed E-state index contributed by atoms with van der Waals surface area (Å²) in [6, 6.07) is 7.50. The normalized spacial score (nSPS) is 10.5. The van der Waals surface area contributed by atoms with Gasteiger partial charge in [-0.25, -0.2) is 4.79 Å². The second kappa shape index (κ2) is 12.8. The van der Waals surface area contributed by atoms with E-state index in [0.717, 1.165) is 18.5 Å². The molecule has 0 fully saturated rings. The maximum atomic E-state index is 11.9. The minimum absolute atomic E-state index is 0.00833. The second-order valence-corrected chi connectivity index (χ2v) is 11.0. The van der Waals surface area contributed by atoms with E-state index in [9.17, 15) is 14.7 Å². The van der Waals surface area contributed by atoms with Gasteiger partial charge in [0.15, 0.2) is 5.75 Å². The number of phenolic OH excluding ortho intramolecular Hbond substituents is 1. The zero-order chi connectivity index (χ0) is 23.1. The molecule has 166 valence electrons. The Kier molecular flexibility index (Phi) is 11.1. The average Bonchev–Trinajstić information content (AvgIpc) is 2.70. The molecular formula is C21H18I4O6. The van der Waals surface area contributed by atoms with Gasteiger partial charge in [0.25, 0.3) is 0 Å². The van der Waals surface area contributed by atoms with E-state index in [0.29, 0.717) is 24.9 Å². The van der Waals surface area contributed by atoms with Gasteiger partial charge < -0.3 is 19.3 Å². The molecular weight excluding hydrogens is 856 g/mol. The number of rotatable bonds is 9. The third-order valence-corrected chi connectivity index (χ3v) is 7.06. The van der Waals surface area contributed by atoms with Crippen LogP contribution in [0.2, 0.25) is 0 Å². The summed E-state index contributed by atoms with van der Waals surface area (Å²) >= 11 is 8.54. The van der Waals surface area contributed by atoms with Crippen molar-refractivity contribution in [2.75, 3.05) is 13.2 Å². The van der Waals surface area contributed by atoms with E-state index < -0.39 is 5.97 Å². The topological polar surface area (TPSA) is 82.1 Å². The van der Waals surface area contributed by atoms with Gasteiger partial charge >= 0.3 is 11.9 Å². The molecule has 0 spiro atoms. The van der Waals surface area contributed by atoms with Crippen LogP contribution in [-0.4, -0.2) is 30.3 Å². The first-order valence-corrected chi connectivity index (χ1v) is 13.2. The highest BCUT2D eigenvalue weighted by molar-refractivity contribution is 14.1. The summed E-state index contributed by atoms with van der Waals surface area (Å²) in [5.41, 5.74) is 1.29. The first-order valence-electron chi connectivity index (χ1n) is 8.90. The fourth-order valence-corrected chi connectivity index (χ4v) is 6.13. The lowest BCUT2D eigenvalue weighted by molar-refractivity contribution is -0.150. The fourth-order valence-electron chi connectivity index (χ4n) is 2.30. The van der Waals surface area contributed by atoms with Crippen molar-refractivity contribution in [1.82, 2.24) is 0 Å². The number of esters is 2. The van der Waals surface area contributed by atoms with E-state index in [-0.39, 0.29) is 31.4 Å². The molecule has 1 N–H and O–H groups in total. The third kappa shape index (κ3) is 8.49. The molecule has 0 unspecified atom stereocenters. The standard InChI is InChI=1S/C21H18I4O6/c1-11(2)21(28)30-6-5-29-18(26)4-3-12-7-16(24)20(17(25)8-12)31-13-9-14(22)19(27)15(23)10-13/h7-10,27H,1,3-6H2,2H3. The summed E-state index contributed by atoms with van der Waals surface area (Å²) in [5, 5.41) is 9.92. The number of phenols is 1. The Balaban J connectivity index is 1.92. The predicted molar refractivity (Wildman–Crippen MR) is 151 cm³/mol. The number of hydrogen-bond acceptors (Lipinski definition) is 6. The number of halogens is 4. The van der Waals surface area contributed by atoms with Crippen LogP contribution in [0.5, 0.6) is 17.2 Å². The molecule has 2 rings (SSSR count). The van der Waals surface area contributed by atoms with Crippen LogP contribution in [0.15, 0.2) is 36.4 Å². The van der Waals surface area contributed by atoms with Crippen LogP contribution in [0.4, 0.5) is 0 Å². The summed E-state index contributed by atoms with van der Waals surface area (Å²) < 4.78 is 19.3. The maximum absolute atomic E-state index is 11.9. The number of carbonyl (C=O) groups is 2. The smallest absolute Gasteiger partial charge is 0.333 e. The molecule has 10 heteroatoms. The van der Waals surface area contributed by atoms with Crippen LogP contribution in [0.25, 0.3) is 0 Å². The van der Waals surface area contributed by atoms with Crippen LogP contribution in [0.3, 0.4) is 0 Å². The van der Waals surface area contributed by atoms with E-state index in [1.54, 1.807) is 19.1 Å². The molecule has 0 aliphatic heterocycles. The van der Waals surface area contributed by atoms with Crippen LogP contribution in [0.1, 0.15) is 18.9 Å². The monoisotopic (exact) mass is 874 g/mol. The van der Waals surface area contributed by atoms with Gasteiger partial charge in [-0.3, -0.25) is 4.79 Å². The molecule has 0 amide bonds. The van der Waals surface area contributed by atoms with E-state index in [2.05, 4.69) is 96.9 Å². The van der Waals surface area contributed by atoms with Crippen LogP contribution < -0.4 is 4.74 Å². The number of aryl methyl sites for hydroxylation is 1. The van der Waals surface area contributed by atoms with Crippen molar-refractivity contribution in [1.29, 1.82) is 0 Å². The summed E-state index contributed by atoms with van der Waals surface area (Å²) in [6.45, 7) is 5.06. The molecule has 0 aliphatic rings. The lowest BCUT2D eigenvalue weighted by atomic mass is 10.1. The van der Waals surface area contributed by atoms with E-state index in [1.165, 1.54) is 0 Å². The van der Waals surface area contributed by atoms with Crippen molar-refractivity contribution in [2.45, 2.75) is 19.8 Å². The van der Waals surface area contributed by atoms with Gasteiger partial charge in [-0.05, 0) is 134 Å². The highest BCUT2D eigenvalue weighted by atomic mass is 127. The van der Waals surface area contributed by atoms with Gasteiger partial charge in [0.1, 0.15) is 24.7 Å². The summed E-state index contributed by atoms with van der Waals surface area (Å²) in [4.78, 5) is 23.2. The van der Waals surface area contributed by atoms with Crippen molar-refractivity contribution in [3.8, 4) is 17.2 Å². The molecule has 0 radical (unpaired) electrons. The fraction of sp³-hybridized carbons (Fsp3) is 0.238. The van der Waals surface area contributed by atoms with Gasteiger partial charge in [0, 0.05) is 12.0 Å². The zero-order valence-electron chi connectivity index (χ0n) is 16.3. The summed E-state index contributed by atoms with van der Waals surface area (Å²) in [6.07, 6.45) is 0.737. The minimum Gasteiger partial charge on any atom is -0.506 e. The highest BCUT2D eigenvalue weighted by Crippen LogP contribution is 2.36. The van der Waals surface area contributed by atoms with Crippen LogP contribution >= 0.6 is 90.4 Å². The Hall–Kier alpha value is -0.360. The lowest BCUT2D eigenvalue weighted by Gasteiger charge is -2.13. The largest absolute Gasteiger partial charge is 0.506 e. The van der Waals surface area contributed by atoms with E-state index in [4.69, 9.17) is 14.2 Å². The second-order valence-electron chi connectivity index (χ2n) is 6.36.